The van der Waals surface area contributed by atoms with E-state index in [0.717, 1.165) is 23.1 Å². The summed E-state index contributed by atoms with van der Waals surface area (Å²) in [5.41, 5.74) is 0.601. The molecule has 0 aromatic heterocycles. The summed E-state index contributed by atoms with van der Waals surface area (Å²) in [4.78, 5) is 34.7. The number of ether oxygens (including phenoxy) is 2. The first-order valence-corrected chi connectivity index (χ1v) is 9.89. The maximum absolute atomic E-state index is 13.2. The van der Waals surface area contributed by atoms with E-state index in [1.54, 1.807) is 13.8 Å². The van der Waals surface area contributed by atoms with Crippen LogP contribution in [0.2, 0.25) is 0 Å². The molecular weight excluding hydrogens is 442 g/mol. The zero-order valence-electron chi connectivity index (χ0n) is 18.4. The lowest BCUT2D eigenvalue weighted by molar-refractivity contribution is -0.142. The van der Waals surface area contributed by atoms with Gasteiger partial charge in [0.2, 0.25) is 5.91 Å². The number of nitrogens with zero attached hydrogens (tertiary/aromatic N) is 1. The van der Waals surface area contributed by atoms with Crippen LogP contribution in [0.15, 0.2) is 36.4 Å². The standard InChI is InChI=1S/C12H14FNO4.C10H12FNO3/c1-3-18-12(17)7-14(8(2)15)9-4-5-11(16)10(13)6-9;1-2-15-10(14)6-12-7-3-4-9(13)8(11)5-7/h4-6,16H,3,7H2,1-2H3;3-5,12-13H,2,6H2,1H3. The molecule has 0 bridgehead atoms. The average Bonchev–Trinajstić information content (AvgIpc) is 2.75. The van der Waals surface area contributed by atoms with Crippen LogP contribution in [-0.2, 0) is 23.9 Å². The van der Waals surface area contributed by atoms with Gasteiger partial charge in [-0.1, -0.05) is 0 Å². The van der Waals surface area contributed by atoms with Crippen molar-refractivity contribution in [3.63, 3.8) is 0 Å². The summed E-state index contributed by atoms with van der Waals surface area (Å²) in [5.74, 6) is -3.94. The summed E-state index contributed by atoms with van der Waals surface area (Å²) < 4.78 is 35.4. The van der Waals surface area contributed by atoms with E-state index in [-0.39, 0.29) is 25.4 Å². The van der Waals surface area contributed by atoms with E-state index in [9.17, 15) is 23.2 Å². The van der Waals surface area contributed by atoms with E-state index in [0.29, 0.717) is 12.3 Å². The average molecular weight is 468 g/mol. The van der Waals surface area contributed by atoms with Crippen LogP contribution in [0.25, 0.3) is 0 Å². The Morgan fingerprint density at radius 3 is 1.97 bits per heavy atom. The maximum Gasteiger partial charge on any atom is 0.326 e. The molecule has 11 heteroatoms. The molecule has 3 N–H and O–H groups in total. The number of anilines is 2. The molecule has 0 unspecified atom stereocenters. The van der Waals surface area contributed by atoms with Crippen LogP contribution >= 0.6 is 0 Å². The molecule has 0 fully saturated rings. The van der Waals surface area contributed by atoms with Crippen molar-refractivity contribution in [2.75, 3.05) is 36.5 Å². The van der Waals surface area contributed by atoms with Crippen molar-refractivity contribution in [1.82, 2.24) is 0 Å². The summed E-state index contributed by atoms with van der Waals surface area (Å²) in [6.45, 7) is 4.79. The van der Waals surface area contributed by atoms with Gasteiger partial charge in [0.05, 0.1) is 13.2 Å². The van der Waals surface area contributed by atoms with Gasteiger partial charge in [0.15, 0.2) is 23.1 Å². The zero-order chi connectivity index (χ0) is 25.0. The fourth-order valence-corrected chi connectivity index (χ4v) is 2.39. The van der Waals surface area contributed by atoms with Crippen molar-refractivity contribution < 1.29 is 42.9 Å². The van der Waals surface area contributed by atoms with Crippen LogP contribution in [0.4, 0.5) is 20.2 Å². The largest absolute Gasteiger partial charge is 0.505 e. The molecule has 0 saturated heterocycles. The molecule has 33 heavy (non-hydrogen) atoms. The summed E-state index contributed by atoms with van der Waals surface area (Å²) in [6.07, 6.45) is 0. The van der Waals surface area contributed by atoms with Crippen molar-refractivity contribution >= 4 is 29.2 Å². The molecule has 180 valence electrons. The van der Waals surface area contributed by atoms with E-state index < -0.39 is 41.0 Å². The quantitative estimate of drug-likeness (QED) is 0.399. The van der Waals surface area contributed by atoms with Gasteiger partial charge in [-0.15, -0.1) is 0 Å². The van der Waals surface area contributed by atoms with Gasteiger partial charge >= 0.3 is 11.9 Å². The second-order valence-electron chi connectivity index (χ2n) is 6.37. The summed E-state index contributed by atoms with van der Waals surface area (Å²) in [7, 11) is 0. The molecule has 0 saturated carbocycles. The number of amides is 1. The third-order valence-corrected chi connectivity index (χ3v) is 3.91. The number of esters is 2. The van der Waals surface area contributed by atoms with Gasteiger partial charge in [0.1, 0.15) is 13.1 Å². The maximum atomic E-state index is 13.2. The Morgan fingerprint density at radius 1 is 0.909 bits per heavy atom. The van der Waals surface area contributed by atoms with Crippen molar-refractivity contribution in [3.8, 4) is 11.5 Å². The number of phenolic OH excluding ortho intramolecular Hbond substituents is 2. The van der Waals surface area contributed by atoms with E-state index in [2.05, 4.69) is 10.1 Å². The monoisotopic (exact) mass is 468 g/mol. The molecule has 2 rings (SSSR count). The first-order chi connectivity index (χ1) is 15.6. The highest BCUT2D eigenvalue weighted by atomic mass is 19.1. The number of benzene rings is 2. The van der Waals surface area contributed by atoms with Gasteiger partial charge in [-0.05, 0) is 38.1 Å². The van der Waals surface area contributed by atoms with Crippen LogP contribution in [0.3, 0.4) is 0 Å². The molecular formula is C22H26F2N2O7. The van der Waals surface area contributed by atoms with Crippen molar-refractivity contribution in [2.45, 2.75) is 20.8 Å². The molecule has 0 heterocycles. The van der Waals surface area contributed by atoms with Crippen LogP contribution < -0.4 is 10.2 Å². The van der Waals surface area contributed by atoms with Gasteiger partial charge < -0.3 is 29.9 Å². The predicted molar refractivity (Wildman–Crippen MR) is 116 cm³/mol. The topological polar surface area (TPSA) is 125 Å². The number of hydrogen-bond acceptors (Lipinski definition) is 8. The van der Waals surface area contributed by atoms with Gasteiger partial charge in [0.25, 0.3) is 0 Å². The predicted octanol–water partition coefficient (Wildman–Crippen LogP) is 2.95. The van der Waals surface area contributed by atoms with E-state index in [1.807, 2.05) is 0 Å². The van der Waals surface area contributed by atoms with E-state index in [4.69, 9.17) is 14.9 Å². The van der Waals surface area contributed by atoms with E-state index >= 15 is 0 Å². The Hall–Kier alpha value is -3.89. The van der Waals surface area contributed by atoms with Crippen molar-refractivity contribution in [3.05, 3.63) is 48.0 Å². The molecule has 2 aromatic carbocycles. The minimum Gasteiger partial charge on any atom is -0.505 e. The highest BCUT2D eigenvalue weighted by Gasteiger charge is 2.17. The minimum atomic E-state index is -0.859. The molecule has 9 nitrogen and oxygen atoms in total. The van der Waals surface area contributed by atoms with Crippen LogP contribution in [0.5, 0.6) is 11.5 Å². The van der Waals surface area contributed by atoms with E-state index in [1.165, 1.54) is 25.1 Å². The molecule has 0 aliphatic heterocycles. The van der Waals surface area contributed by atoms with Gasteiger partial charge in [-0.2, -0.15) is 0 Å². The van der Waals surface area contributed by atoms with Crippen molar-refractivity contribution in [1.29, 1.82) is 0 Å². The number of aromatic hydroxyl groups is 2. The lowest BCUT2D eigenvalue weighted by Gasteiger charge is -2.20. The first-order valence-electron chi connectivity index (χ1n) is 9.89. The summed E-state index contributed by atoms with van der Waals surface area (Å²) in [5, 5.41) is 20.6. The summed E-state index contributed by atoms with van der Waals surface area (Å²) >= 11 is 0. The Kier molecular flexibility index (Phi) is 11.1. The number of carbonyl (C=O) groups excluding carboxylic acids is 3. The molecule has 1 amide bonds. The lowest BCUT2D eigenvalue weighted by Crippen LogP contribution is -2.34. The SMILES string of the molecule is CCOC(=O)CN(C(C)=O)c1ccc(O)c(F)c1.CCOC(=O)CNc1ccc(O)c(F)c1. The number of rotatable bonds is 8. The number of carbonyl (C=O) groups is 3. The third kappa shape index (κ3) is 9.42. The highest BCUT2D eigenvalue weighted by molar-refractivity contribution is 5.96. The molecule has 0 radical (unpaired) electrons. The Morgan fingerprint density at radius 2 is 1.45 bits per heavy atom. The van der Waals surface area contributed by atoms with Gasteiger partial charge in [-0.3, -0.25) is 14.4 Å². The lowest BCUT2D eigenvalue weighted by atomic mass is 10.2. The normalized spacial score (nSPS) is 9.85. The zero-order valence-corrected chi connectivity index (χ0v) is 18.4. The molecule has 2 aromatic rings. The molecule has 0 spiro atoms. The van der Waals surface area contributed by atoms with Crippen LogP contribution in [0, 0.1) is 11.6 Å². The fraction of sp³-hybridized carbons (Fsp3) is 0.318. The number of hydrogen-bond donors (Lipinski definition) is 3. The molecule has 0 atom stereocenters. The number of nitrogens with one attached hydrogen (secondary N) is 1. The first kappa shape index (κ1) is 27.1. The molecule has 0 aliphatic carbocycles. The second kappa shape index (κ2) is 13.5. The number of phenols is 2. The fourth-order valence-electron chi connectivity index (χ4n) is 2.39. The third-order valence-electron chi connectivity index (χ3n) is 3.91. The Labute approximate surface area is 189 Å². The van der Waals surface area contributed by atoms with Gasteiger partial charge in [-0.25, -0.2) is 8.78 Å². The summed E-state index contributed by atoms with van der Waals surface area (Å²) in [6, 6.07) is 7.23. The van der Waals surface area contributed by atoms with Crippen molar-refractivity contribution in [2.24, 2.45) is 0 Å². The smallest absolute Gasteiger partial charge is 0.326 e. The minimum absolute atomic E-state index is 0.0297. The van der Waals surface area contributed by atoms with Gasteiger partial charge in [0, 0.05) is 30.4 Å². The second-order valence-corrected chi connectivity index (χ2v) is 6.37. The Balaban J connectivity index is 0.000000335. The van der Waals surface area contributed by atoms with Crippen LogP contribution in [-0.4, -0.2) is 54.4 Å². The Bertz CT molecular complexity index is 970. The molecule has 0 aliphatic rings. The number of halogens is 2. The highest BCUT2D eigenvalue weighted by Crippen LogP contribution is 2.23. The van der Waals surface area contributed by atoms with Crippen LogP contribution in [0.1, 0.15) is 20.8 Å².